The Morgan fingerprint density at radius 3 is 2.95 bits per heavy atom. The topological polar surface area (TPSA) is 115 Å². The third kappa shape index (κ3) is 5.52. The van der Waals surface area contributed by atoms with Gasteiger partial charge in [0.05, 0.1) is 24.8 Å². The molecule has 10 heteroatoms. The highest BCUT2D eigenvalue weighted by Gasteiger charge is 2.14. The number of nitriles is 1. The van der Waals surface area contributed by atoms with E-state index < -0.39 is 6.29 Å². The summed E-state index contributed by atoms with van der Waals surface area (Å²) in [5.74, 6) is 0.00557. The van der Waals surface area contributed by atoms with Crippen molar-refractivity contribution in [1.29, 1.82) is 5.26 Å². The van der Waals surface area contributed by atoms with Gasteiger partial charge in [0, 0.05) is 20.8 Å². The maximum Gasteiger partial charge on any atom is 0.230 e. The second-order valence-electron chi connectivity index (χ2n) is 3.59. The lowest BCUT2D eigenvalue weighted by Gasteiger charge is -2.13. The lowest BCUT2D eigenvalue weighted by atomic mass is 10.4. The van der Waals surface area contributed by atoms with Crippen LogP contribution in [0.2, 0.25) is 0 Å². The minimum atomic E-state index is -0.456. The van der Waals surface area contributed by atoms with Gasteiger partial charge < -0.3 is 14.8 Å². The fourth-order valence-corrected chi connectivity index (χ4v) is 1.96. The summed E-state index contributed by atoms with van der Waals surface area (Å²) in [6.45, 7) is 0.675. The summed E-state index contributed by atoms with van der Waals surface area (Å²) < 4.78 is 11.6. The number of aromatic nitrogens is 4. The van der Waals surface area contributed by atoms with Crippen molar-refractivity contribution in [3.05, 3.63) is 0 Å². The summed E-state index contributed by atoms with van der Waals surface area (Å²) in [6.07, 6.45) is -0.167. The summed E-state index contributed by atoms with van der Waals surface area (Å²) >= 11 is 1.20. The number of hydrogen-bond donors (Lipinski definition) is 1. The Bertz CT molecular complexity index is 456. The number of nitrogens with zero attached hydrogens (tertiary/aromatic N) is 5. The van der Waals surface area contributed by atoms with Gasteiger partial charge in [0.1, 0.15) is 0 Å². The number of carbonyl (C=O) groups is 1. The van der Waals surface area contributed by atoms with Crippen molar-refractivity contribution in [2.24, 2.45) is 0 Å². The first kappa shape index (κ1) is 16.4. The van der Waals surface area contributed by atoms with Crippen LogP contribution in [0.4, 0.5) is 0 Å². The van der Waals surface area contributed by atoms with Crippen LogP contribution in [0, 0.1) is 11.3 Å². The molecule has 20 heavy (non-hydrogen) atoms. The molecule has 0 saturated heterocycles. The van der Waals surface area contributed by atoms with Crippen LogP contribution in [0.5, 0.6) is 0 Å². The smallest absolute Gasteiger partial charge is 0.230 e. The van der Waals surface area contributed by atoms with Gasteiger partial charge >= 0.3 is 0 Å². The first-order valence-corrected chi connectivity index (χ1v) is 6.78. The first-order chi connectivity index (χ1) is 9.71. The van der Waals surface area contributed by atoms with Crippen LogP contribution in [0.15, 0.2) is 5.16 Å². The quantitative estimate of drug-likeness (QED) is 0.366. The molecular formula is C10H16N6O3S. The number of rotatable bonds is 9. The maximum atomic E-state index is 11.5. The zero-order chi connectivity index (χ0) is 14.8. The van der Waals surface area contributed by atoms with Crippen molar-refractivity contribution in [3.63, 3.8) is 0 Å². The normalized spacial score (nSPS) is 10.5. The fourth-order valence-electron chi connectivity index (χ4n) is 1.24. The van der Waals surface area contributed by atoms with Crippen molar-refractivity contribution >= 4 is 17.7 Å². The number of tetrazole rings is 1. The van der Waals surface area contributed by atoms with Crippen molar-refractivity contribution in [2.45, 2.75) is 24.4 Å². The minimum Gasteiger partial charge on any atom is -0.354 e. The van der Waals surface area contributed by atoms with Crippen LogP contribution in [0.3, 0.4) is 0 Å². The number of hydrogen-bond acceptors (Lipinski definition) is 8. The molecule has 0 saturated carbocycles. The van der Waals surface area contributed by atoms with Gasteiger partial charge in [-0.15, -0.1) is 5.10 Å². The maximum absolute atomic E-state index is 11.5. The number of ether oxygens (including phenoxy) is 2. The SMILES string of the molecule is COC(Cn1nnnc1SCC(=O)NCCC#N)OC. The Kier molecular flexibility index (Phi) is 7.56. The molecule has 0 fully saturated rings. The van der Waals surface area contributed by atoms with Crippen LogP contribution < -0.4 is 5.32 Å². The number of carbonyl (C=O) groups excluding carboxylic acids is 1. The van der Waals surface area contributed by atoms with Gasteiger partial charge in [0.15, 0.2) is 6.29 Å². The fraction of sp³-hybridized carbons (Fsp3) is 0.700. The van der Waals surface area contributed by atoms with E-state index in [4.69, 9.17) is 14.7 Å². The molecule has 0 aliphatic carbocycles. The minimum absolute atomic E-state index is 0.171. The van der Waals surface area contributed by atoms with E-state index in [2.05, 4.69) is 20.8 Å². The highest BCUT2D eigenvalue weighted by atomic mass is 32.2. The van der Waals surface area contributed by atoms with E-state index in [1.54, 1.807) is 0 Å². The molecular weight excluding hydrogens is 284 g/mol. The summed E-state index contributed by atoms with van der Waals surface area (Å²) in [5, 5.41) is 22.7. The van der Waals surface area contributed by atoms with Gasteiger partial charge in [-0.1, -0.05) is 11.8 Å². The van der Waals surface area contributed by atoms with E-state index in [0.29, 0.717) is 18.2 Å². The second kappa shape index (κ2) is 9.24. The molecule has 0 aromatic carbocycles. The Hall–Kier alpha value is -1.70. The molecule has 0 aliphatic rings. The van der Waals surface area contributed by atoms with E-state index in [0.717, 1.165) is 0 Å². The van der Waals surface area contributed by atoms with Gasteiger partial charge in [-0.2, -0.15) is 5.26 Å². The molecule has 0 bridgehead atoms. The van der Waals surface area contributed by atoms with E-state index in [9.17, 15) is 4.79 Å². The predicted molar refractivity (Wildman–Crippen MR) is 69.6 cm³/mol. The number of nitrogens with one attached hydrogen (secondary N) is 1. The van der Waals surface area contributed by atoms with Crippen molar-refractivity contribution in [3.8, 4) is 6.07 Å². The highest BCUT2D eigenvalue weighted by Crippen LogP contribution is 2.13. The molecule has 1 aromatic rings. The predicted octanol–water partition coefficient (Wildman–Crippen LogP) is -0.586. The van der Waals surface area contributed by atoms with E-state index in [1.807, 2.05) is 6.07 Å². The van der Waals surface area contributed by atoms with E-state index >= 15 is 0 Å². The lowest BCUT2D eigenvalue weighted by molar-refractivity contribution is -0.118. The highest BCUT2D eigenvalue weighted by molar-refractivity contribution is 7.99. The molecule has 0 spiro atoms. The third-order valence-corrected chi connectivity index (χ3v) is 3.20. The summed E-state index contributed by atoms with van der Waals surface area (Å²) in [7, 11) is 3.04. The van der Waals surface area contributed by atoms with Crippen molar-refractivity contribution < 1.29 is 14.3 Å². The van der Waals surface area contributed by atoms with Gasteiger partial charge in [0.25, 0.3) is 0 Å². The summed E-state index contributed by atoms with van der Waals surface area (Å²) in [6, 6.07) is 1.95. The molecule has 0 aliphatic heterocycles. The van der Waals surface area contributed by atoms with Gasteiger partial charge in [0.2, 0.25) is 11.1 Å². The van der Waals surface area contributed by atoms with Crippen molar-refractivity contribution in [1.82, 2.24) is 25.5 Å². The largest absolute Gasteiger partial charge is 0.354 e. The molecule has 0 atom stereocenters. The van der Waals surface area contributed by atoms with Crippen LogP contribution in [0.1, 0.15) is 6.42 Å². The molecule has 110 valence electrons. The van der Waals surface area contributed by atoms with Crippen molar-refractivity contribution in [2.75, 3.05) is 26.5 Å². The van der Waals surface area contributed by atoms with E-state index in [-0.39, 0.29) is 18.1 Å². The molecule has 9 nitrogen and oxygen atoms in total. The Morgan fingerprint density at radius 1 is 1.55 bits per heavy atom. The Labute approximate surface area is 120 Å². The lowest BCUT2D eigenvalue weighted by Crippen LogP contribution is -2.26. The Balaban J connectivity index is 2.43. The van der Waals surface area contributed by atoms with Crippen LogP contribution >= 0.6 is 11.8 Å². The molecule has 0 radical (unpaired) electrons. The van der Waals surface area contributed by atoms with Crippen LogP contribution in [0.25, 0.3) is 0 Å². The molecule has 0 unspecified atom stereocenters. The van der Waals surface area contributed by atoms with Gasteiger partial charge in [-0.25, -0.2) is 4.68 Å². The summed E-state index contributed by atoms with van der Waals surface area (Å²) in [5.41, 5.74) is 0. The average Bonchev–Trinajstić information content (AvgIpc) is 2.90. The number of amides is 1. The molecule has 1 aromatic heterocycles. The van der Waals surface area contributed by atoms with Gasteiger partial charge in [-0.05, 0) is 10.4 Å². The second-order valence-corrected chi connectivity index (χ2v) is 4.53. The molecule has 1 N–H and O–H groups in total. The molecule has 1 heterocycles. The first-order valence-electron chi connectivity index (χ1n) is 5.79. The monoisotopic (exact) mass is 300 g/mol. The molecule has 1 amide bonds. The standard InChI is InChI=1S/C10H16N6O3S/c1-18-9(19-2)6-16-10(13-14-15-16)20-7-8(17)12-5-3-4-11/h9H,3,5-7H2,1-2H3,(H,12,17). The number of thioether (sulfide) groups is 1. The zero-order valence-electron chi connectivity index (χ0n) is 11.3. The zero-order valence-corrected chi connectivity index (χ0v) is 12.1. The van der Waals surface area contributed by atoms with Gasteiger partial charge in [-0.3, -0.25) is 4.79 Å². The van der Waals surface area contributed by atoms with Crippen LogP contribution in [-0.2, 0) is 20.8 Å². The number of methoxy groups -OCH3 is 2. The average molecular weight is 300 g/mol. The third-order valence-electron chi connectivity index (χ3n) is 2.24. The molecule has 1 rings (SSSR count). The van der Waals surface area contributed by atoms with Crippen LogP contribution in [-0.4, -0.2) is 58.9 Å². The summed E-state index contributed by atoms with van der Waals surface area (Å²) in [4.78, 5) is 11.5. The van der Waals surface area contributed by atoms with E-state index in [1.165, 1.54) is 30.7 Å². The Morgan fingerprint density at radius 2 is 2.30 bits per heavy atom.